The molecule has 1 fully saturated rings. The van der Waals surface area contributed by atoms with Gasteiger partial charge in [-0.05, 0) is 31.2 Å². The van der Waals surface area contributed by atoms with Gasteiger partial charge in [-0.15, -0.1) is 0 Å². The lowest BCUT2D eigenvalue weighted by Gasteiger charge is -2.18. The van der Waals surface area contributed by atoms with Crippen molar-refractivity contribution in [1.29, 1.82) is 0 Å². The second-order valence-corrected chi connectivity index (χ2v) is 5.20. The van der Waals surface area contributed by atoms with Gasteiger partial charge in [-0.3, -0.25) is 9.69 Å². The minimum Gasteiger partial charge on any atom is -0.360 e. The van der Waals surface area contributed by atoms with E-state index in [1.54, 1.807) is 13.0 Å². The summed E-state index contributed by atoms with van der Waals surface area (Å²) in [7, 11) is 0. The first kappa shape index (κ1) is 15.0. The Morgan fingerprint density at radius 3 is 2.74 bits per heavy atom. The summed E-state index contributed by atoms with van der Waals surface area (Å²) in [4.78, 5) is 27.2. The fourth-order valence-corrected chi connectivity index (χ4v) is 2.37. The molecule has 0 saturated carbocycles. The quantitative estimate of drug-likeness (QED) is 0.935. The highest BCUT2D eigenvalue weighted by atomic mass is 19.1. The second-order valence-electron chi connectivity index (χ2n) is 5.20. The van der Waals surface area contributed by atoms with E-state index in [0.29, 0.717) is 30.4 Å². The molecule has 1 aliphatic rings. The predicted octanol–water partition coefficient (Wildman–Crippen LogP) is 2.00. The van der Waals surface area contributed by atoms with Crippen LogP contribution in [0.2, 0.25) is 0 Å². The molecule has 0 atom stereocenters. The van der Waals surface area contributed by atoms with E-state index in [4.69, 9.17) is 4.52 Å². The Kier molecular flexibility index (Phi) is 3.96. The first-order chi connectivity index (χ1) is 11.0. The number of rotatable bonds is 4. The van der Waals surface area contributed by atoms with Gasteiger partial charge in [0.25, 0.3) is 0 Å². The number of carbonyl (C=O) groups is 2. The van der Waals surface area contributed by atoms with Crippen LogP contribution in [0.3, 0.4) is 0 Å². The third-order valence-corrected chi connectivity index (χ3v) is 3.46. The molecule has 2 aromatic rings. The minimum atomic E-state index is -0.362. The molecule has 0 spiro atoms. The third-order valence-electron chi connectivity index (χ3n) is 3.46. The van der Waals surface area contributed by atoms with E-state index in [-0.39, 0.29) is 24.3 Å². The van der Waals surface area contributed by atoms with E-state index >= 15 is 0 Å². The molecule has 0 bridgehead atoms. The fourth-order valence-electron chi connectivity index (χ4n) is 2.37. The molecule has 1 saturated heterocycles. The Bertz CT molecular complexity index is 729. The van der Waals surface area contributed by atoms with Crippen LogP contribution in [0.4, 0.5) is 20.7 Å². The zero-order chi connectivity index (χ0) is 16.4. The van der Waals surface area contributed by atoms with Crippen molar-refractivity contribution < 1.29 is 18.5 Å². The average Bonchev–Trinajstić information content (AvgIpc) is 3.07. The summed E-state index contributed by atoms with van der Waals surface area (Å²) in [5, 5.41) is 6.23. The molecule has 23 heavy (non-hydrogen) atoms. The van der Waals surface area contributed by atoms with Gasteiger partial charge in [0.2, 0.25) is 5.91 Å². The zero-order valence-electron chi connectivity index (χ0n) is 12.5. The molecule has 1 N–H and O–H groups in total. The highest BCUT2D eigenvalue weighted by Gasteiger charge is 2.30. The van der Waals surface area contributed by atoms with Crippen LogP contribution < -0.4 is 10.2 Å². The van der Waals surface area contributed by atoms with Gasteiger partial charge in [0.15, 0.2) is 5.82 Å². The fraction of sp³-hybridized carbons (Fsp3) is 0.267. The SMILES string of the molecule is Cc1cc(NC(=O)CN2CCN(c3ccc(F)cc3)C2=O)no1. The molecule has 0 unspecified atom stereocenters. The van der Waals surface area contributed by atoms with Crippen LogP contribution >= 0.6 is 0 Å². The molecule has 0 radical (unpaired) electrons. The van der Waals surface area contributed by atoms with Crippen molar-refractivity contribution in [2.45, 2.75) is 6.92 Å². The Morgan fingerprint density at radius 2 is 2.09 bits per heavy atom. The van der Waals surface area contributed by atoms with Crippen molar-refractivity contribution >= 4 is 23.4 Å². The molecule has 1 aromatic heterocycles. The van der Waals surface area contributed by atoms with Gasteiger partial charge < -0.3 is 14.7 Å². The minimum absolute atomic E-state index is 0.0809. The second kappa shape index (κ2) is 6.07. The summed E-state index contributed by atoms with van der Waals surface area (Å²) in [6.07, 6.45) is 0. The highest BCUT2D eigenvalue weighted by Crippen LogP contribution is 2.20. The number of aromatic nitrogens is 1. The topological polar surface area (TPSA) is 78.7 Å². The summed E-state index contributed by atoms with van der Waals surface area (Å²) >= 11 is 0. The zero-order valence-corrected chi connectivity index (χ0v) is 12.5. The maximum absolute atomic E-state index is 12.9. The van der Waals surface area contributed by atoms with Crippen LogP contribution in [0.1, 0.15) is 5.76 Å². The average molecular weight is 318 g/mol. The normalized spacial score (nSPS) is 14.4. The van der Waals surface area contributed by atoms with Crippen LogP contribution in [-0.4, -0.2) is 41.6 Å². The Balaban J connectivity index is 1.60. The highest BCUT2D eigenvalue weighted by molar-refractivity contribution is 5.99. The predicted molar refractivity (Wildman–Crippen MR) is 80.6 cm³/mol. The maximum Gasteiger partial charge on any atom is 0.325 e. The van der Waals surface area contributed by atoms with Gasteiger partial charge in [-0.2, -0.15) is 0 Å². The standard InChI is InChI=1S/C15H15FN4O3/c1-10-8-13(18-23-10)17-14(21)9-19-6-7-20(15(19)22)12-4-2-11(16)3-5-12/h2-5,8H,6-7,9H2,1H3,(H,17,18,21). The van der Waals surface area contributed by atoms with Gasteiger partial charge in [-0.1, -0.05) is 5.16 Å². The van der Waals surface area contributed by atoms with Crippen LogP contribution in [0.5, 0.6) is 0 Å². The van der Waals surface area contributed by atoms with E-state index in [9.17, 15) is 14.0 Å². The monoisotopic (exact) mass is 318 g/mol. The lowest BCUT2D eigenvalue weighted by atomic mass is 10.3. The lowest BCUT2D eigenvalue weighted by molar-refractivity contribution is -0.116. The largest absolute Gasteiger partial charge is 0.360 e. The summed E-state index contributed by atoms with van der Waals surface area (Å²) in [5.41, 5.74) is 0.603. The first-order valence-corrected chi connectivity index (χ1v) is 7.08. The summed E-state index contributed by atoms with van der Waals surface area (Å²) in [6, 6.07) is 6.97. The number of carbonyl (C=O) groups excluding carboxylic acids is 2. The van der Waals surface area contributed by atoms with Crippen molar-refractivity contribution in [2.75, 3.05) is 29.9 Å². The number of anilines is 2. The van der Waals surface area contributed by atoms with Gasteiger partial charge in [0.1, 0.15) is 18.1 Å². The number of benzene rings is 1. The number of nitrogens with one attached hydrogen (secondary N) is 1. The number of aryl methyl sites for hydroxylation is 1. The number of nitrogens with zero attached hydrogens (tertiary/aromatic N) is 3. The molecule has 2 heterocycles. The van der Waals surface area contributed by atoms with Crippen LogP contribution in [0, 0.1) is 12.7 Å². The van der Waals surface area contributed by atoms with Gasteiger partial charge in [0.05, 0.1) is 0 Å². The summed E-state index contributed by atoms with van der Waals surface area (Å²) < 4.78 is 17.8. The Labute approximate surface area is 131 Å². The molecule has 8 heteroatoms. The Hall–Kier alpha value is -2.90. The smallest absolute Gasteiger partial charge is 0.325 e. The molecule has 3 amide bonds. The molecule has 1 aliphatic heterocycles. The molecular formula is C15H15FN4O3. The molecule has 120 valence electrons. The molecule has 3 rings (SSSR count). The van der Waals surface area contributed by atoms with Crippen molar-refractivity contribution in [1.82, 2.24) is 10.1 Å². The van der Waals surface area contributed by atoms with Crippen LogP contribution in [-0.2, 0) is 4.79 Å². The Morgan fingerprint density at radius 1 is 1.35 bits per heavy atom. The first-order valence-electron chi connectivity index (χ1n) is 7.08. The van der Waals surface area contributed by atoms with Gasteiger partial charge in [-0.25, -0.2) is 9.18 Å². The van der Waals surface area contributed by atoms with Crippen molar-refractivity contribution in [3.05, 3.63) is 41.9 Å². The molecular weight excluding hydrogens is 303 g/mol. The molecule has 7 nitrogen and oxygen atoms in total. The summed E-state index contributed by atoms with van der Waals surface area (Å²) in [5.74, 6) is 0.182. The third kappa shape index (κ3) is 3.31. The van der Waals surface area contributed by atoms with Gasteiger partial charge >= 0.3 is 6.03 Å². The van der Waals surface area contributed by atoms with Crippen molar-refractivity contribution in [3.8, 4) is 0 Å². The number of amides is 3. The van der Waals surface area contributed by atoms with E-state index in [0.717, 1.165) is 0 Å². The van der Waals surface area contributed by atoms with E-state index in [2.05, 4.69) is 10.5 Å². The van der Waals surface area contributed by atoms with E-state index in [1.165, 1.54) is 34.1 Å². The van der Waals surface area contributed by atoms with Crippen molar-refractivity contribution in [3.63, 3.8) is 0 Å². The maximum atomic E-state index is 12.9. The molecule has 0 aliphatic carbocycles. The number of hydrogen-bond acceptors (Lipinski definition) is 4. The van der Waals surface area contributed by atoms with E-state index < -0.39 is 0 Å². The summed E-state index contributed by atoms with van der Waals surface area (Å²) in [6.45, 7) is 2.50. The van der Waals surface area contributed by atoms with Gasteiger partial charge in [0, 0.05) is 24.8 Å². The number of hydrogen-bond donors (Lipinski definition) is 1. The van der Waals surface area contributed by atoms with Crippen LogP contribution in [0.15, 0.2) is 34.9 Å². The lowest BCUT2D eigenvalue weighted by Crippen LogP contribution is -2.37. The molecule has 1 aromatic carbocycles. The van der Waals surface area contributed by atoms with Crippen molar-refractivity contribution in [2.24, 2.45) is 0 Å². The number of urea groups is 1. The number of halogens is 1. The van der Waals surface area contributed by atoms with Crippen LogP contribution in [0.25, 0.3) is 0 Å². The van der Waals surface area contributed by atoms with E-state index in [1.807, 2.05) is 0 Å².